The number of hydrogen-bond donors (Lipinski definition) is 1. The molecule has 1 aromatic carbocycles. The molecule has 0 amide bonds. The number of nitrogens with one attached hydrogen (secondary N) is 1. The number of benzene rings is 1. The molecule has 0 saturated heterocycles. The lowest BCUT2D eigenvalue weighted by Gasteiger charge is -2.37. The van der Waals surface area contributed by atoms with E-state index in [0.29, 0.717) is 6.61 Å². The Hall–Kier alpha value is -0.930. The van der Waals surface area contributed by atoms with Crippen LogP contribution in [0.15, 0.2) is 18.2 Å². The highest BCUT2D eigenvalue weighted by molar-refractivity contribution is 5.28. The van der Waals surface area contributed by atoms with Crippen LogP contribution in [0, 0.1) is 12.7 Å². The van der Waals surface area contributed by atoms with Gasteiger partial charge in [0.05, 0.1) is 5.60 Å². The van der Waals surface area contributed by atoms with Gasteiger partial charge in [0.25, 0.3) is 0 Å². The third-order valence-corrected chi connectivity index (χ3v) is 4.10. The fourth-order valence-electron chi connectivity index (χ4n) is 2.61. The van der Waals surface area contributed by atoms with E-state index in [2.05, 4.69) is 26.1 Å². The summed E-state index contributed by atoms with van der Waals surface area (Å²) in [6.45, 7) is 12.0. The second-order valence-corrected chi connectivity index (χ2v) is 5.48. The third kappa shape index (κ3) is 4.29. The molecule has 0 aliphatic rings. The first-order chi connectivity index (χ1) is 9.46. The number of rotatable bonds is 8. The molecule has 1 N–H and O–H groups in total. The van der Waals surface area contributed by atoms with E-state index in [1.165, 1.54) is 6.07 Å². The number of likely N-dealkylation sites (N-methyl/N-ethyl adjacent to an activating group) is 1. The smallest absolute Gasteiger partial charge is 0.123 e. The molecule has 114 valence electrons. The molecule has 1 rings (SSSR count). The monoisotopic (exact) mass is 281 g/mol. The van der Waals surface area contributed by atoms with Crippen LogP contribution in [-0.2, 0) is 11.2 Å². The van der Waals surface area contributed by atoms with Crippen LogP contribution in [0.2, 0.25) is 0 Å². The lowest BCUT2D eigenvalue weighted by atomic mass is 9.87. The predicted octanol–water partition coefficient (Wildman–Crippen LogP) is 3.86. The summed E-state index contributed by atoms with van der Waals surface area (Å²) in [6, 6.07) is 5.18. The maximum absolute atomic E-state index is 13.5. The van der Waals surface area contributed by atoms with Gasteiger partial charge in [0, 0.05) is 12.6 Å². The SMILES string of the molecule is CCNC(Cc1cc(F)ccc1C)C(C)(CC)OCC. The maximum atomic E-state index is 13.5. The fraction of sp³-hybridized carbons (Fsp3) is 0.647. The summed E-state index contributed by atoms with van der Waals surface area (Å²) in [6.07, 6.45) is 1.70. The van der Waals surface area contributed by atoms with Crippen LogP contribution in [0.25, 0.3) is 0 Å². The first-order valence-electron chi connectivity index (χ1n) is 7.59. The Morgan fingerprint density at radius 1 is 1.30 bits per heavy atom. The largest absolute Gasteiger partial charge is 0.374 e. The highest BCUT2D eigenvalue weighted by Gasteiger charge is 2.33. The van der Waals surface area contributed by atoms with Crippen molar-refractivity contribution in [1.29, 1.82) is 0 Å². The van der Waals surface area contributed by atoms with E-state index in [9.17, 15) is 4.39 Å². The highest BCUT2D eigenvalue weighted by atomic mass is 19.1. The lowest BCUT2D eigenvalue weighted by molar-refractivity contribution is -0.0547. The Labute approximate surface area is 122 Å². The second kappa shape index (κ2) is 7.75. The van der Waals surface area contributed by atoms with Gasteiger partial charge < -0.3 is 10.1 Å². The minimum Gasteiger partial charge on any atom is -0.374 e. The van der Waals surface area contributed by atoms with Gasteiger partial charge in [-0.3, -0.25) is 0 Å². The molecule has 0 bridgehead atoms. The predicted molar refractivity (Wildman–Crippen MR) is 82.6 cm³/mol. The Morgan fingerprint density at radius 3 is 2.55 bits per heavy atom. The van der Waals surface area contributed by atoms with Gasteiger partial charge in [-0.1, -0.05) is 19.9 Å². The first-order valence-corrected chi connectivity index (χ1v) is 7.59. The highest BCUT2D eigenvalue weighted by Crippen LogP contribution is 2.24. The summed E-state index contributed by atoms with van der Waals surface area (Å²) in [5.74, 6) is -0.171. The van der Waals surface area contributed by atoms with E-state index in [-0.39, 0.29) is 17.5 Å². The molecule has 3 heteroatoms. The molecule has 0 heterocycles. The zero-order chi connectivity index (χ0) is 15.2. The molecular weight excluding hydrogens is 253 g/mol. The van der Waals surface area contributed by atoms with E-state index in [4.69, 9.17) is 4.74 Å². The molecule has 1 aromatic rings. The minimum atomic E-state index is -0.233. The number of ether oxygens (including phenoxy) is 1. The van der Waals surface area contributed by atoms with Crippen LogP contribution in [0.5, 0.6) is 0 Å². The van der Waals surface area contributed by atoms with Crippen molar-refractivity contribution in [1.82, 2.24) is 5.32 Å². The standard InChI is InChI=1S/C17H28FNO/c1-6-17(5,20-8-3)16(19-7-2)12-14-11-15(18)10-9-13(14)4/h9-11,16,19H,6-8,12H2,1-5H3. The quantitative estimate of drug-likeness (QED) is 0.781. The van der Waals surface area contributed by atoms with Crippen molar-refractivity contribution >= 4 is 0 Å². The molecule has 0 radical (unpaired) electrons. The summed E-state index contributed by atoms with van der Waals surface area (Å²) in [5.41, 5.74) is 1.95. The van der Waals surface area contributed by atoms with Gasteiger partial charge >= 0.3 is 0 Å². The van der Waals surface area contributed by atoms with Gasteiger partial charge in [-0.25, -0.2) is 4.39 Å². The number of hydrogen-bond acceptors (Lipinski definition) is 2. The maximum Gasteiger partial charge on any atom is 0.123 e. The van der Waals surface area contributed by atoms with Crippen molar-refractivity contribution in [2.24, 2.45) is 0 Å². The molecule has 0 spiro atoms. The van der Waals surface area contributed by atoms with Gasteiger partial charge in [-0.15, -0.1) is 0 Å². The summed E-state index contributed by atoms with van der Waals surface area (Å²) >= 11 is 0. The Morgan fingerprint density at radius 2 is 2.00 bits per heavy atom. The molecule has 0 saturated carbocycles. The first kappa shape index (κ1) is 17.1. The minimum absolute atomic E-state index is 0.171. The van der Waals surface area contributed by atoms with E-state index < -0.39 is 0 Å². The molecule has 2 unspecified atom stereocenters. The zero-order valence-corrected chi connectivity index (χ0v) is 13.4. The zero-order valence-electron chi connectivity index (χ0n) is 13.4. The summed E-state index contributed by atoms with van der Waals surface area (Å²) in [5, 5.41) is 3.51. The van der Waals surface area contributed by atoms with Crippen molar-refractivity contribution in [2.45, 2.75) is 59.1 Å². The van der Waals surface area contributed by atoms with E-state index in [0.717, 1.165) is 30.5 Å². The van der Waals surface area contributed by atoms with Crippen LogP contribution in [0.3, 0.4) is 0 Å². The molecule has 0 aliphatic heterocycles. The fourth-order valence-corrected chi connectivity index (χ4v) is 2.61. The van der Waals surface area contributed by atoms with E-state index >= 15 is 0 Å². The van der Waals surface area contributed by atoms with E-state index in [1.54, 1.807) is 6.07 Å². The summed E-state index contributed by atoms with van der Waals surface area (Å²) < 4.78 is 19.4. The normalized spacial score (nSPS) is 15.9. The summed E-state index contributed by atoms with van der Waals surface area (Å²) in [7, 11) is 0. The van der Waals surface area contributed by atoms with Crippen LogP contribution < -0.4 is 5.32 Å². The molecule has 20 heavy (non-hydrogen) atoms. The lowest BCUT2D eigenvalue weighted by Crippen LogP contribution is -2.51. The number of halogens is 1. The van der Waals surface area contributed by atoms with Crippen molar-refractivity contribution in [2.75, 3.05) is 13.2 Å². The van der Waals surface area contributed by atoms with Crippen LogP contribution in [0.4, 0.5) is 4.39 Å². The van der Waals surface area contributed by atoms with Gasteiger partial charge in [0.1, 0.15) is 5.82 Å². The van der Waals surface area contributed by atoms with Crippen molar-refractivity contribution in [3.63, 3.8) is 0 Å². The Kier molecular flexibility index (Phi) is 6.63. The number of aryl methyl sites for hydroxylation is 1. The molecule has 2 nitrogen and oxygen atoms in total. The van der Waals surface area contributed by atoms with Gasteiger partial charge in [0.2, 0.25) is 0 Å². The Balaban J connectivity index is 2.99. The van der Waals surface area contributed by atoms with Crippen LogP contribution in [0.1, 0.15) is 45.2 Å². The molecule has 0 aliphatic carbocycles. The Bertz CT molecular complexity index is 421. The summed E-state index contributed by atoms with van der Waals surface area (Å²) in [4.78, 5) is 0. The van der Waals surface area contributed by atoms with Crippen molar-refractivity contribution in [3.8, 4) is 0 Å². The van der Waals surface area contributed by atoms with Gasteiger partial charge in [0.15, 0.2) is 0 Å². The topological polar surface area (TPSA) is 21.3 Å². The van der Waals surface area contributed by atoms with Crippen molar-refractivity contribution in [3.05, 3.63) is 35.1 Å². The molecule has 0 fully saturated rings. The molecular formula is C17H28FNO. The van der Waals surface area contributed by atoms with Gasteiger partial charge in [-0.05, 0) is 63.4 Å². The van der Waals surface area contributed by atoms with Crippen molar-refractivity contribution < 1.29 is 9.13 Å². The van der Waals surface area contributed by atoms with E-state index in [1.807, 2.05) is 19.9 Å². The van der Waals surface area contributed by atoms with Gasteiger partial charge in [-0.2, -0.15) is 0 Å². The third-order valence-electron chi connectivity index (χ3n) is 4.10. The average Bonchev–Trinajstić information content (AvgIpc) is 2.42. The molecule has 0 aromatic heterocycles. The average molecular weight is 281 g/mol. The molecule has 2 atom stereocenters. The second-order valence-electron chi connectivity index (χ2n) is 5.48. The van der Waals surface area contributed by atoms with Crippen LogP contribution >= 0.6 is 0 Å². The van der Waals surface area contributed by atoms with Crippen LogP contribution in [-0.4, -0.2) is 24.8 Å².